The van der Waals surface area contributed by atoms with Crippen LogP contribution in [0, 0.1) is 0 Å². The Morgan fingerprint density at radius 3 is 2.78 bits per heavy atom. The number of aromatic nitrogens is 1. The molecule has 0 N–H and O–H groups in total. The van der Waals surface area contributed by atoms with E-state index in [4.69, 9.17) is 0 Å². The smallest absolute Gasteiger partial charge is 0.254 e. The van der Waals surface area contributed by atoms with Crippen LogP contribution in [0.4, 0.5) is 0 Å². The molecule has 3 nitrogen and oxygen atoms in total. The minimum Gasteiger partial charge on any atom is -0.330 e. The average molecular weight is 303 g/mol. The molecule has 3 rings (SSSR count). The summed E-state index contributed by atoms with van der Waals surface area (Å²) >= 11 is 3.43. The SMILES string of the molecule is O=C1c2ccc(Br)cc2CN1Cc1ccncc1. The summed E-state index contributed by atoms with van der Waals surface area (Å²) in [6, 6.07) is 9.68. The van der Waals surface area contributed by atoms with E-state index in [0.29, 0.717) is 13.1 Å². The van der Waals surface area contributed by atoms with Gasteiger partial charge in [-0.25, -0.2) is 0 Å². The molecule has 1 aromatic carbocycles. The van der Waals surface area contributed by atoms with Crippen LogP contribution in [0.5, 0.6) is 0 Å². The number of hydrogen-bond donors (Lipinski definition) is 0. The van der Waals surface area contributed by atoms with Crippen molar-refractivity contribution in [2.45, 2.75) is 13.1 Å². The third-order valence-electron chi connectivity index (χ3n) is 3.07. The first-order valence-electron chi connectivity index (χ1n) is 5.70. The molecule has 0 spiro atoms. The molecule has 0 fully saturated rings. The number of carbonyl (C=O) groups excluding carboxylic acids is 1. The molecule has 18 heavy (non-hydrogen) atoms. The summed E-state index contributed by atoms with van der Waals surface area (Å²) in [5.41, 5.74) is 3.00. The van der Waals surface area contributed by atoms with Gasteiger partial charge in [-0.1, -0.05) is 15.9 Å². The largest absolute Gasteiger partial charge is 0.330 e. The molecule has 0 atom stereocenters. The van der Waals surface area contributed by atoms with Crippen LogP contribution in [-0.4, -0.2) is 15.8 Å². The second kappa shape index (κ2) is 4.53. The van der Waals surface area contributed by atoms with Crippen molar-refractivity contribution in [3.05, 3.63) is 63.9 Å². The lowest BCUT2D eigenvalue weighted by Gasteiger charge is -2.15. The standard InChI is InChI=1S/C14H11BrN2O/c15-12-1-2-13-11(7-12)9-17(14(13)18)8-10-3-5-16-6-4-10/h1-7H,8-9H2. The van der Waals surface area contributed by atoms with Crippen molar-refractivity contribution in [1.29, 1.82) is 0 Å². The van der Waals surface area contributed by atoms with E-state index in [0.717, 1.165) is 21.2 Å². The summed E-state index contributed by atoms with van der Waals surface area (Å²) < 4.78 is 1.01. The summed E-state index contributed by atoms with van der Waals surface area (Å²) in [4.78, 5) is 18.0. The summed E-state index contributed by atoms with van der Waals surface area (Å²) in [6.07, 6.45) is 3.50. The third-order valence-corrected chi connectivity index (χ3v) is 3.56. The van der Waals surface area contributed by atoms with Gasteiger partial charge in [0.15, 0.2) is 0 Å². The van der Waals surface area contributed by atoms with Crippen molar-refractivity contribution < 1.29 is 4.79 Å². The predicted molar refractivity (Wildman–Crippen MR) is 72.0 cm³/mol. The van der Waals surface area contributed by atoms with Gasteiger partial charge in [-0.3, -0.25) is 9.78 Å². The summed E-state index contributed by atoms with van der Waals surface area (Å²) in [5, 5.41) is 0. The molecule has 1 aliphatic heterocycles. The number of benzene rings is 1. The lowest BCUT2D eigenvalue weighted by atomic mass is 10.1. The minimum absolute atomic E-state index is 0.106. The maximum absolute atomic E-state index is 12.2. The van der Waals surface area contributed by atoms with Gasteiger partial charge < -0.3 is 4.90 Å². The van der Waals surface area contributed by atoms with Crippen molar-refractivity contribution in [2.75, 3.05) is 0 Å². The van der Waals surface area contributed by atoms with E-state index in [2.05, 4.69) is 20.9 Å². The van der Waals surface area contributed by atoms with Gasteiger partial charge in [0.25, 0.3) is 5.91 Å². The van der Waals surface area contributed by atoms with Crippen molar-refractivity contribution in [2.24, 2.45) is 0 Å². The molecule has 2 heterocycles. The summed E-state index contributed by atoms with van der Waals surface area (Å²) in [6.45, 7) is 1.31. The van der Waals surface area contributed by atoms with E-state index >= 15 is 0 Å². The highest BCUT2D eigenvalue weighted by Gasteiger charge is 2.27. The first-order chi connectivity index (χ1) is 8.74. The van der Waals surface area contributed by atoms with Crippen LogP contribution in [0.3, 0.4) is 0 Å². The molecule has 1 amide bonds. The molecule has 2 aromatic rings. The van der Waals surface area contributed by atoms with Crippen LogP contribution in [0.15, 0.2) is 47.2 Å². The molecule has 90 valence electrons. The predicted octanol–water partition coefficient (Wildman–Crippen LogP) is 3.00. The maximum Gasteiger partial charge on any atom is 0.254 e. The highest BCUT2D eigenvalue weighted by molar-refractivity contribution is 9.10. The lowest BCUT2D eigenvalue weighted by molar-refractivity contribution is 0.0766. The average Bonchev–Trinajstić information content (AvgIpc) is 2.67. The number of amides is 1. The van der Waals surface area contributed by atoms with Crippen molar-refractivity contribution in [3.63, 3.8) is 0 Å². The van der Waals surface area contributed by atoms with E-state index in [1.807, 2.05) is 35.2 Å². The van der Waals surface area contributed by atoms with Crippen LogP contribution in [-0.2, 0) is 13.1 Å². The summed E-state index contributed by atoms with van der Waals surface area (Å²) in [5.74, 6) is 0.106. The van der Waals surface area contributed by atoms with E-state index in [1.165, 1.54) is 0 Å². The molecule has 0 saturated heterocycles. The Bertz CT molecular complexity index is 598. The van der Waals surface area contributed by atoms with Gasteiger partial charge in [0.1, 0.15) is 0 Å². The van der Waals surface area contributed by atoms with E-state index in [-0.39, 0.29) is 5.91 Å². The fraction of sp³-hybridized carbons (Fsp3) is 0.143. The van der Waals surface area contributed by atoms with Crippen LogP contribution in [0.2, 0.25) is 0 Å². The second-order valence-corrected chi connectivity index (χ2v) is 5.23. The van der Waals surface area contributed by atoms with Crippen LogP contribution in [0.1, 0.15) is 21.5 Å². The van der Waals surface area contributed by atoms with Crippen LogP contribution < -0.4 is 0 Å². The fourth-order valence-corrected chi connectivity index (χ4v) is 2.59. The zero-order valence-corrected chi connectivity index (χ0v) is 11.2. The Morgan fingerprint density at radius 2 is 2.00 bits per heavy atom. The van der Waals surface area contributed by atoms with Crippen molar-refractivity contribution in [1.82, 2.24) is 9.88 Å². The molecule has 0 aliphatic carbocycles. The quantitative estimate of drug-likeness (QED) is 0.854. The summed E-state index contributed by atoms with van der Waals surface area (Å²) in [7, 11) is 0. The number of hydrogen-bond acceptors (Lipinski definition) is 2. The van der Waals surface area contributed by atoms with E-state index in [1.54, 1.807) is 12.4 Å². The Morgan fingerprint density at radius 1 is 1.22 bits per heavy atom. The molecule has 0 unspecified atom stereocenters. The second-order valence-electron chi connectivity index (χ2n) is 4.32. The van der Waals surface area contributed by atoms with Crippen molar-refractivity contribution in [3.8, 4) is 0 Å². The highest BCUT2D eigenvalue weighted by atomic mass is 79.9. The Balaban J connectivity index is 1.84. The molecule has 1 aromatic heterocycles. The Labute approximate surface area is 114 Å². The van der Waals surface area contributed by atoms with Gasteiger partial charge in [0.2, 0.25) is 0 Å². The van der Waals surface area contributed by atoms with Gasteiger partial charge in [-0.05, 0) is 41.5 Å². The minimum atomic E-state index is 0.106. The molecular formula is C14H11BrN2O. The Hall–Kier alpha value is -1.68. The van der Waals surface area contributed by atoms with Gasteiger partial charge in [-0.15, -0.1) is 0 Å². The first kappa shape index (κ1) is 11.4. The van der Waals surface area contributed by atoms with Crippen LogP contribution in [0.25, 0.3) is 0 Å². The van der Waals surface area contributed by atoms with Gasteiger partial charge in [0, 0.05) is 35.5 Å². The zero-order valence-electron chi connectivity index (χ0n) is 9.64. The molecule has 0 bridgehead atoms. The normalized spacial score (nSPS) is 13.8. The molecule has 4 heteroatoms. The fourth-order valence-electron chi connectivity index (χ4n) is 2.19. The number of carbonyl (C=O) groups is 1. The zero-order chi connectivity index (χ0) is 12.5. The molecular weight excluding hydrogens is 292 g/mol. The van der Waals surface area contributed by atoms with E-state index < -0.39 is 0 Å². The third kappa shape index (κ3) is 2.04. The number of nitrogens with zero attached hydrogens (tertiary/aromatic N) is 2. The lowest BCUT2D eigenvalue weighted by Crippen LogP contribution is -2.23. The monoisotopic (exact) mass is 302 g/mol. The number of pyridine rings is 1. The first-order valence-corrected chi connectivity index (χ1v) is 6.50. The van der Waals surface area contributed by atoms with Gasteiger partial charge >= 0.3 is 0 Å². The molecule has 0 radical (unpaired) electrons. The topological polar surface area (TPSA) is 33.2 Å². The number of fused-ring (bicyclic) bond motifs is 1. The van der Waals surface area contributed by atoms with E-state index in [9.17, 15) is 4.79 Å². The molecule has 1 aliphatic rings. The molecule has 0 saturated carbocycles. The Kier molecular flexibility index (Phi) is 2.88. The van der Waals surface area contributed by atoms with Crippen molar-refractivity contribution >= 4 is 21.8 Å². The number of rotatable bonds is 2. The van der Waals surface area contributed by atoms with Crippen LogP contribution >= 0.6 is 15.9 Å². The number of halogens is 1. The van der Waals surface area contributed by atoms with Gasteiger partial charge in [0.05, 0.1) is 0 Å². The van der Waals surface area contributed by atoms with Gasteiger partial charge in [-0.2, -0.15) is 0 Å². The highest BCUT2D eigenvalue weighted by Crippen LogP contribution is 2.26. The maximum atomic E-state index is 12.2.